The van der Waals surface area contributed by atoms with Gasteiger partial charge in [0.1, 0.15) is 11.6 Å². The van der Waals surface area contributed by atoms with Gasteiger partial charge in [0.15, 0.2) is 6.61 Å². The molecule has 0 fully saturated rings. The summed E-state index contributed by atoms with van der Waals surface area (Å²) in [5, 5.41) is 4.99. The molecule has 142 valence electrons. The third-order valence-electron chi connectivity index (χ3n) is 3.48. The van der Waals surface area contributed by atoms with Crippen molar-refractivity contribution in [1.82, 2.24) is 10.2 Å². The van der Waals surface area contributed by atoms with Crippen molar-refractivity contribution >= 4 is 23.4 Å². The third kappa shape index (κ3) is 7.15. The smallest absolute Gasteiger partial charge is 0.258 e. The van der Waals surface area contributed by atoms with E-state index < -0.39 is 23.5 Å². The molecule has 7 nitrogen and oxygen atoms in total. The van der Waals surface area contributed by atoms with E-state index in [2.05, 4.69) is 10.6 Å². The zero-order valence-corrected chi connectivity index (χ0v) is 14.8. The maximum atomic E-state index is 12.8. The molecule has 2 rings (SSSR count). The van der Waals surface area contributed by atoms with E-state index in [1.807, 2.05) is 6.07 Å². The van der Waals surface area contributed by atoms with Crippen molar-refractivity contribution in [3.8, 4) is 5.75 Å². The molecule has 0 atom stereocenters. The molecule has 0 aromatic heterocycles. The van der Waals surface area contributed by atoms with Gasteiger partial charge in [-0.25, -0.2) is 4.39 Å². The molecule has 27 heavy (non-hydrogen) atoms. The fourth-order valence-corrected chi connectivity index (χ4v) is 2.06. The number of hydrogen-bond donors (Lipinski definition) is 2. The van der Waals surface area contributed by atoms with Crippen LogP contribution in [0.2, 0.25) is 0 Å². The van der Waals surface area contributed by atoms with Gasteiger partial charge in [0.25, 0.3) is 5.91 Å². The van der Waals surface area contributed by atoms with Crippen LogP contribution in [0.25, 0.3) is 0 Å². The Hall–Kier alpha value is -3.42. The zero-order valence-electron chi connectivity index (χ0n) is 14.8. The van der Waals surface area contributed by atoms with Crippen LogP contribution in [-0.2, 0) is 14.4 Å². The van der Waals surface area contributed by atoms with Crippen LogP contribution in [-0.4, -0.2) is 49.4 Å². The van der Waals surface area contributed by atoms with Crippen LogP contribution >= 0.6 is 0 Å². The van der Waals surface area contributed by atoms with Gasteiger partial charge in [-0.15, -0.1) is 0 Å². The second kappa shape index (κ2) is 9.91. The predicted octanol–water partition coefficient (Wildman–Crippen LogP) is 1.42. The summed E-state index contributed by atoms with van der Waals surface area (Å²) >= 11 is 0. The molecule has 8 heteroatoms. The molecule has 0 unspecified atom stereocenters. The maximum absolute atomic E-state index is 12.8. The topological polar surface area (TPSA) is 87.7 Å². The van der Waals surface area contributed by atoms with Crippen molar-refractivity contribution in [3.05, 3.63) is 60.4 Å². The van der Waals surface area contributed by atoms with Crippen LogP contribution in [0.3, 0.4) is 0 Å². The molecule has 0 aliphatic carbocycles. The Morgan fingerprint density at radius 2 is 1.67 bits per heavy atom. The fraction of sp³-hybridized carbons (Fsp3) is 0.211. The summed E-state index contributed by atoms with van der Waals surface area (Å²) < 4.78 is 18.1. The highest BCUT2D eigenvalue weighted by molar-refractivity contribution is 5.95. The minimum Gasteiger partial charge on any atom is -0.484 e. The predicted molar refractivity (Wildman–Crippen MR) is 97.6 cm³/mol. The van der Waals surface area contributed by atoms with Gasteiger partial charge in [-0.1, -0.05) is 18.2 Å². The van der Waals surface area contributed by atoms with E-state index in [1.165, 1.54) is 36.2 Å². The first-order valence-corrected chi connectivity index (χ1v) is 8.18. The molecular weight excluding hydrogens is 353 g/mol. The number of nitrogens with one attached hydrogen (secondary N) is 2. The lowest BCUT2D eigenvalue weighted by Crippen LogP contribution is -2.42. The number of hydrogen-bond acceptors (Lipinski definition) is 4. The molecule has 0 radical (unpaired) electrons. The number of rotatable bonds is 8. The Morgan fingerprint density at radius 1 is 1.00 bits per heavy atom. The van der Waals surface area contributed by atoms with Crippen LogP contribution in [0.1, 0.15) is 0 Å². The number of likely N-dealkylation sites (N-methyl/N-ethyl adjacent to an activating group) is 1. The van der Waals surface area contributed by atoms with Gasteiger partial charge in [0, 0.05) is 12.7 Å². The molecule has 0 aliphatic heterocycles. The molecule has 0 saturated heterocycles. The monoisotopic (exact) mass is 373 g/mol. The molecule has 0 spiro atoms. The van der Waals surface area contributed by atoms with Gasteiger partial charge in [0.2, 0.25) is 11.8 Å². The lowest BCUT2D eigenvalue weighted by atomic mass is 10.3. The Labute approximate surface area is 156 Å². The minimum absolute atomic E-state index is 0.202. The molecule has 0 bridgehead atoms. The van der Waals surface area contributed by atoms with E-state index in [1.54, 1.807) is 24.3 Å². The first-order chi connectivity index (χ1) is 12.9. The van der Waals surface area contributed by atoms with Crippen LogP contribution in [0.4, 0.5) is 10.1 Å². The molecule has 0 heterocycles. The van der Waals surface area contributed by atoms with Gasteiger partial charge in [-0.2, -0.15) is 0 Å². The number of carbonyl (C=O) groups excluding carboxylic acids is 3. The number of halogens is 1. The van der Waals surface area contributed by atoms with Crippen molar-refractivity contribution in [1.29, 1.82) is 0 Å². The van der Waals surface area contributed by atoms with E-state index in [0.717, 1.165) is 0 Å². The van der Waals surface area contributed by atoms with Crippen LogP contribution in [0, 0.1) is 5.82 Å². The summed E-state index contributed by atoms with van der Waals surface area (Å²) in [7, 11) is 1.44. The van der Waals surface area contributed by atoms with Crippen LogP contribution in [0.5, 0.6) is 5.75 Å². The average molecular weight is 373 g/mol. The first-order valence-electron chi connectivity index (χ1n) is 8.18. The number of ether oxygens (including phenoxy) is 1. The highest BCUT2D eigenvalue weighted by Gasteiger charge is 2.14. The van der Waals surface area contributed by atoms with Crippen LogP contribution in [0.15, 0.2) is 54.6 Å². The number of amides is 3. The minimum atomic E-state index is -0.448. The van der Waals surface area contributed by atoms with Crippen LogP contribution < -0.4 is 15.4 Å². The number of carbonyl (C=O) groups is 3. The van der Waals surface area contributed by atoms with Crippen molar-refractivity contribution in [2.45, 2.75) is 0 Å². The molecular formula is C19H20FN3O4. The largest absolute Gasteiger partial charge is 0.484 e. The molecule has 2 N–H and O–H groups in total. The Kier molecular flexibility index (Phi) is 7.30. The van der Waals surface area contributed by atoms with E-state index in [4.69, 9.17) is 4.74 Å². The average Bonchev–Trinajstić information content (AvgIpc) is 2.67. The molecule has 3 amide bonds. The summed E-state index contributed by atoms with van der Waals surface area (Å²) in [6, 6.07) is 14.1. The molecule has 0 aliphatic rings. The lowest BCUT2D eigenvalue weighted by molar-refractivity contribution is -0.134. The standard InChI is InChI=1S/C19H20FN3O4/c1-23(12-17(24)22-15-9-7-14(20)8-10-15)19(26)11-21-18(25)13-27-16-5-3-2-4-6-16/h2-10H,11-13H2,1H3,(H,21,25)(H,22,24). The van der Waals surface area contributed by atoms with Gasteiger partial charge < -0.3 is 20.3 Å². The lowest BCUT2D eigenvalue weighted by Gasteiger charge is -2.17. The summed E-state index contributed by atoms with van der Waals surface area (Å²) in [4.78, 5) is 36.8. The summed E-state index contributed by atoms with van der Waals surface area (Å²) in [5.74, 6) is -1.18. The van der Waals surface area contributed by atoms with Gasteiger partial charge in [-0.3, -0.25) is 14.4 Å². The molecule has 2 aromatic carbocycles. The van der Waals surface area contributed by atoms with E-state index in [-0.39, 0.29) is 19.7 Å². The van der Waals surface area contributed by atoms with E-state index >= 15 is 0 Å². The van der Waals surface area contributed by atoms with E-state index in [9.17, 15) is 18.8 Å². The number of nitrogens with zero attached hydrogens (tertiary/aromatic N) is 1. The van der Waals surface area contributed by atoms with Gasteiger partial charge in [-0.05, 0) is 36.4 Å². The fourth-order valence-electron chi connectivity index (χ4n) is 2.06. The van der Waals surface area contributed by atoms with Crippen molar-refractivity contribution < 1.29 is 23.5 Å². The second-order valence-corrected chi connectivity index (χ2v) is 5.68. The Balaban J connectivity index is 1.69. The van der Waals surface area contributed by atoms with E-state index in [0.29, 0.717) is 11.4 Å². The van der Waals surface area contributed by atoms with Crippen molar-refractivity contribution in [2.24, 2.45) is 0 Å². The summed E-state index contributed by atoms with van der Waals surface area (Å²) in [6.45, 7) is -0.671. The maximum Gasteiger partial charge on any atom is 0.258 e. The summed E-state index contributed by atoms with van der Waals surface area (Å²) in [5.41, 5.74) is 0.425. The number of para-hydroxylation sites is 1. The normalized spacial score (nSPS) is 10.0. The Morgan fingerprint density at radius 3 is 2.33 bits per heavy atom. The highest BCUT2D eigenvalue weighted by atomic mass is 19.1. The Bertz CT molecular complexity index is 781. The summed E-state index contributed by atoms with van der Waals surface area (Å²) in [6.07, 6.45) is 0. The molecule has 2 aromatic rings. The zero-order chi connectivity index (χ0) is 19.6. The second-order valence-electron chi connectivity index (χ2n) is 5.68. The number of benzene rings is 2. The first kappa shape index (κ1) is 19.9. The number of anilines is 1. The van der Waals surface area contributed by atoms with Crippen molar-refractivity contribution in [3.63, 3.8) is 0 Å². The SMILES string of the molecule is CN(CC(=O)Nc1ccc(F)cc1)C(=O)CNC(=O)COc1ccccc1. The third-order valence-corrected chi connectivity index (χ3v) is 3.48. The van der Waals surface area contributed by atoms with Gasteiger partial charge >= 0.3 is 0 Å². The quantitative estimate of drug-likeness (QED) is 0.733. The van der Waals surface area contributed by atoms with Gasteiger partial charge in [0.05, 0.1) is 13.1 Å². The van der Waals surface area contributed by atoms with Crippen molar-refractivity contribution in [2.75, 3.05) is 32.1 Å². The molecule has 0 saturated carbocycles. The highest BCUT2D eigenvalue weighted by Crippen LogP contribution is 2.08.